The zero-order valence-corrected chi connectivity index (χ0v) is 18.5. The second kappa shape index (κ2) is 8.03. The molecule has 3 aromatic rings. The number of thiophene rings is 1. The highest BCUT2D eigenvalue weighted by molar-refractivity contribution is 9.10. The molecule has 0 spiro atoms. The summed E-state index contributed by atoms with van der Waals surface area (Å²) in [6.07, 6.45) is 0.194. The molecule has 1 amide bonds. The second-order valence-electron chi connectivity index (χ2n) is 6.48. The Bertz CT molecular complexity index is 1000. The van der Waals surface area contributed by atoms with E-state index in [2.05, 4.69) is 21.2 Å². The number of benzene rings is 2. The molecule has 1 fully saturated rings. The maximum absolute atomic E-state index is 13.1. The van der Waals surface area contributed by atoms with E-state index in [1.807, 2.05) is 59.3 Å². The van der Waals surface area contributed by atoms with Crippen molar-refractivity contribution in [2.45, 2.75) is 22.1 Å². The number of hydrogen-bond donors (Lipinski definition) is 1. The zero-order valence-electron chi connectivity index (χ0n) is 14.5. The molecule has 28 heavy (non-hydrogen) atoms. The van der Waals surface area contributed by atoms with Crippen LogP contribution in [0.25, 0.3) is 0 Å². The number of Topliss-reactive ketones (excluding diaryl/α,β-unsaturated/α-hetero) is 1. The SMILES string of the molecule is O=C1CC(c2ccc(Br)cc2)(c2ccsc2)NC(=O)C1Sc1ccccc1Cl. The quantitative estimate of drug-likeness (QED) is 0.478. The lowest BCUT2D eigenvalue weighted by atomic mass is 9.77. The van der Waals surface area contributed by atoms with Crippen LogP contribution in [-0.2, 0) is 15.1 Å². The molecule has 1 N–H and O–H groups in total. The smallest absolute Gasteiger partial charge is 0.242 e. The lowest BCUT2D eigenvalue weighted by molar-refractivity contribution is -0.132. The van der Waals surface area contributed by atoms with E-state index in [9.17, 15) is 9.59 Å². The third-order valence-electron chi connectivity index (χ3n) is 4.74. The van der Waals surface area contributed by atoms with Gasteiger partial charge in [0.25, 0.3) is 0 Å². The molecule has 1 saturated heterocycles. The van der Waals surface area contributed by atoms with Crippen LogP contribution >= 0.6 is 50.6 Å². The summed E-state index contributed by atoms with van der Waals surface area (Å²) in [4.78, 5) is 26.9. The van der Waals surface area contributed by atoms with Crippen LogP contribution in [0.5, 0.6) is 0 Å². The van der Waals surface area contributed by atoms with Crippen molar-refractivity contribution >= 4 is 62.3 Å². The predicted molar refractivity (Wildman–Crippen MR) is 118 cm³/mol. The molecule has 142 valence electrons. The summed E-state index contributed by atoms with van der Waals surface area (Å²) in [5.74, 6) is -0.405. The van der Waals surface area contributed by atoms with Crippen molar-refractivity contribution in [1.82, 2.24) is 5.32 Å². The fourth-order valence-electron chi connectivity index (χ4n) is 3.36. The van der Waals surface area contributed by atoms with E-state index < -0.39 is 10.8 Å². The first kappa shape index (κ1) is 19.7. The van der Waals surface area contributed by atoms with Crippen LogP contribution in [0, 0.1) is 0 Å². The van der Waals surface area contributed by atoms with E-state index in [0.717, 1.165) is 20.5 Å². The maximum atomic E-state index is 13.1. The first-order valence-corrected chi connectivity index (χ1v) is 11.5. The molecule has 2 atom stereocenters. The lowest BCUT2D eigenvalue weighted by Crippen LogP contribution is -2.57. The number of rotatable bonds is 4. The summed E-state index contributed by atoms with van der Waals surface area (Å²) >= 11 is 12.4. The number of carbonyl (C=O) groups is 2. The van der Waals surface area contributed by atoms with Crippen LogP contribution in [0.3, 0.4) is 0 Å². The first-order chi connectivity index (χ1) is 13.5. The highest BCUT2D eigenvalue weighted by Gasteiger charge is 2.47. The van der Waals surface area contributed by atoms with Gasteiger partial charge < -0.3 is 5.32 Å². The van der Waals surface area contributed by atoms with E-state index >= 15 is 0 Å². The average Bonchev–Trinajstić information content (AvgIpc) is 3.22. The third-order valence-corrected chi connectivity index (χ3v) is 7.72. The van der Waals surface area contributed by atoms with Gasteiger partial charge in [-0.15, -0.1) is 11.8 Å². The van der Waals surface area contributed by atoms with Crippen molar-refractivity contribution in [2.24, 2.45) is 0 Å². The Hall–Kier alpha value is -1.60. The van der Waals surface area contributed by atoms with Crippen molar-refractivity contribution in [3.8, 4) is 0 Å². The molecule has 1 aliphatic heterocycles. The molecule has 4 rings (SSSR count). The largest absolute Gasteiger partial charge is 0.341 e. The molecule has 2 heterocycles. The summed E-state index contributed by atoms with van der Waals surface area (Å²) in [6, 6.07) is 16.9. The lowest BCUT2D eigenvalue weighted by Gasteiger charge is -2.40. The Kier molecular flexibility index (Phi) is 5.65. The van der Waals surface area contributed by atoms with Gasteiger partial charge in [0.2, 0.25) is 5.91 Å². The second-order valence-corrected chi connectivity index (χ2v) is 9.73. The van der Waals surface area contributed by atoms with E-state index in [-0.39, 0.29) is 18.1 Å². The Labute approximate surface area is 184 Å². The maximum Gasteiger partial charge on any atom is 0.242 e. The highest BCUT2D eigenvalue weighted by atomic mass is 79.9. The third kappa shape index (κ3) is 3.66. The van der Waals surface area contributed by atoms with E-state index in [1.54, 1.807) is 17.4 Å². The molecule has 0 aliphatic carbocycles. The minimum atomic E-state index is -0.855. The number of hydrogen-bond acceptors (Lipinski definition) is 4. The van der Waals surface area contributed by atoms with Crippen LogP contribution in [0.2, 0.25) is 5.02 Å². The fourth-order valence-corrected chi connectivity index (χ4v) is 5.60. The zero-order chi connectivity index (χ0) is 19.7. The van der Waals surface area contributed by atoms with Gasteiger partial charge in [0.15, 0.2) is 5.78 Å². The number of amides is 1. The molecule has 0 radical (unpaired) electrons. The normalized spacial score (nSPS) is 22.1. The van der Waals surface area contributed by atoms with Crippen molar-refractivity contribution in [3.05, 3.63) is 86.0 Å². The molecular weight excluding hydrogens is 478 g/mol. The van der Waals surface area contributed by atoms with Crippen LogP contribution < -0.4 is 5.32 Å². The molecule has 3 nitrogen and oxygen atoms in total. The minimum absolute atomic E-state index is 0.109. The topological polar surface area (TPSA) is 46.2 Å². The summed E-state index contributed by atoms with van der Waals surface area (Å²) < 4.78 is 0.942. The first-order valence-electron chi connectivity index (χ1n) is 8.54. The van der Waals surface area contributed by atoms with Gasteiger partial charge in [-0.05, 0) is 52.2 Å². The standard InChI is InChI=1S/C21H15BrClNO2S2/c22-15-7-5-13(6-8-15)21(14-9-10-27-12-14)11-17(25)19(20(26)24-21)28-18-4-2-1-3-16(18)23/h1-10,12,19H,11H2,(H,24,26). The number of ketones is 1. The van der Waals surface area contributed by atoms with Gasteiger partial charge >= 0.3 is 0 Å². The Morgan fingerprint density at radius 3 is 2.46 bits per heavy atom. The van der Waals surface area contributed by atoms with Gasteiger partial charge in [-0.2, -0.15) is 11.3 Å². The van der Waals surface area contributed by atoms with Crippen LogP contribution in [0.4, 0.5) is 0 Å². The summed E-state index contributed by atoms with van der Waals surface area (Å²) in [5.41, 5.74) is 0.951. The van der Waals surface area contributed by atoms with Crippen molar-refractivity contribution in [1.29, 1.82) is 0 Å². The van der Waals surface area contributed by atoms with Gasteiger partial charge in [-0.1, -0.05) is 51.8 Å². The molecule has 0 saturated carbocycles. The van der Waals surface area contributed by atoms with Gasteiger partial charge in [-0.25, -0.2) is 0 Å². The van der Waals surface area contributed by atoms with E-state index in [1.165, 1.54) is 11.8 Å². The van der Waals surface area contributed by atoms with Gasteiger partial charge in [-0.3, -0.25) is 9.59 Å². The highest BCUT2D eigenvalue weighted by Crippen LogP contribution is 2.41. The molecule has 1 aliphatic rings. The molecule has 0 bridgehead atoms. The summed E-state index contributed by atoms with van der Waals surface area (Å²) in [7, 11) is 0. The Morgan fingerprint density at radius 1 is 1.07 bits per heavy atom. The number of nitrogens with one attached hydrogen (secondary N) is 1. The molecular formula is C21H15BrClNO2S2. The Morgan fingerprint density at radius 2 is 1.82 bits per heavy atom. The monoisotopic (exact) mass is 491 g/mol. The molecule has 2 unspecified atom stereocenters. The van der Waals surface area contributed by atoms with Gasteiger partial charge in [0, 0.05) is 15.8 Å². The Balaban J connectivity index is 1.70. The fraction of sp³-hybridized carbons (Fsp3) is 0.143. The summed E-state index contributed by atoms with van der Waals surface area (Å²) in [5, 5.41) is 6.81. The van der Waals surface area contributed by atoms with E-state index in [4.69, 9.17) is 11.6 Å². The molecule has 2 aromatic carbocycles. The van der Waals surface area contributed by atoms with Crippen molar-refractivity contribution < 1.29 is 9.59 Å². The number of carbonyl (C=O) groups excluding carboxylic acids is 2. The van der Waals surface area contributed by atoms with Gasteiger partial charge in [0.05, 0.1) is 10.6 Å². The predicted octanol–water partition coefficient (Wildman–Crippen LogP) is 5.66. The number of thioether (sulfide) groups is 1. The molecule has 7 heteroatoms. The minimum Gasteiger partial charge on any atom is -0.341 e. The number of halogens is 2. The van der Waals surface area contributed by atoms with Crippen LogP contribution in [0.15, 0.2) is 74.7 Å². The van der Waals surface area contributed by atoms with Gasteiger partial charge in [0.1, 0.15) is 5.25 Å². The number of piperidine rings is 1. The van der Waals surface area contributed by atoms with Crippen LogP contribution in [0.1, 0.15) is 17.5 Å². The van der Waals surface area contributed by atoms with Crippen molar-refractivity contribution in [2.75, 3.05) is 0 Å². The van der Waals surface area contributed by atoms with Crippen molar-refractivity contribution in [3.63, 3.8) is 0 Å². The van der Waals surface area contributed by atoms with E-state index in [0.29, 0.717) is 5.02 Å². The molecule has 1 aromatic heterocycles. The summed E-state index contributed by atoms with van der Waals surface area (Å²) in [6.45, 7) is 0. The van der Waals surface area contributed by atoms with Crippen LogP contribution in [-0.4, -0.2) is 16.9 Å². The average molecular weight is 493 g/mol.